The molecule has 0 bridgehead atoms. The fraction of sp³-hybridized carbons (Fsp3) is 0.846. The Labute approximate surface area is 98.6 Å². The second-order valence-electron chi connectivity index (χ2n) is 4.60. The predicted molar refractivity (Wildman–Crippen MR) is 64.2 cm³/mol. The van der Waals surface area contributed by atoms with E-state index in [4.69, 9.17) is 4.74 Å². The quantitative estimate of drug-likeness (QED) is 0.346. The summed E-state index contributed by atoms with van der Waals surface area (Å²) in [5, 5.41) is 0. The first-order chi connectivity index (χ1) is 7.56. The molecule has 0 heterocycles. The van der Waals surface area contributed by atoms with Crippen LogP contribution in [0.4, 0.5) is 0 Å². The largest absolute Gasteiger partial charge is 0.465 e. The van der Waals surface area contributed by atoms with Crippen LogP contribution in [0.15, 0.2) is 0 Å². The van der Waals surface area contributed by atoms with Crippen molar-refractivity contribution in [3.8, 4) is 0 Å². The monoisotopic (exact) mass is 228 g/mol. The Morgan fingerprint density at radius 1 is 1.12 bits per heavy atom. The highest BCUT2D eigenvalue weighted by molar-refractivity contribution is 5.95. The van der Waals surface area contributed by atoms with E-state index < -0.39 is 0 Å². The molecule has 0 aliphatic rings. The van der Waals surface area contributed by atoms with Gasteiger partial charge in [-0.3, -0.25) is 9.59 Å². The molecule has 3 nitrogen and oxygen atoms in total. The third kappa shape index (κ3) is 9.69. The summed E-state index contributed by atoms with van der Waals surface area (Å²) in [6.45, 7) is 6.48. The first-order valence-electron chi connectivity index (χ1n) is 6.23. The van der Waals surface area contributed by atoms with E-state index in [2.05, 4.69) is 6.92 Å². The Morgan fingerprint density at radius 3 is 2.38 bits per heavy atom. The minimum absolute atomic E-state index is 0.00450. The lowest BCUT2D eigenvalue weighted by Gasteiger charge is -2.06. The SMILES string of the molecule is CCCCCCC(=O)CC(=O)OCC(C)C. The van der Waals surface area contributed by atoms with Gasteiger partial charge in [0.25, 0.3) is 0 Å². The van der Waals surface area contributed by atoms with Crippen LogP contribution in [0.5, 0.6) is 0 Å². The van der Waals surface area contributed by atoms with E-state index >= 15 is 0 Å². The zero-order valence-electron chi connectivity index (χ0n) is 10.8. The third-order valence-corrected chi connectivity index (χ3v) is 2.23. The van der Waals surface area contributed by atoms with Crippen molar-refractivity contribution in [3.05, 3.63) is 0 Å². The summed E-state index contributed by atoms with van der Waals surface area (Å²) in [6, 6.07) is 0. The Balaban J connectivity index is 3.51. The van der Waals surface area contributed by atoms with E-state index in [1.54, 1.807) is 0 Å². The molecule has 0 aliphatic carbocycles. The maximum atomic E-state index is 11.4. The molecule has 0 rings (SSSR count). The highest BCUT2D eigenvalue weighted by Crippen LogP contribution is 2.05. The summed E-state index contributed by atoms with van der Waals surface area (Å²) < 4.78 is 4.94. The van der Waals surface area contributed by atoms with Crippen molar-refractivity contribution in [3.63, 3.8) is 0 Å². The van der Waals surface area contributed by atoms with Crippen LogP contribution >= 0.6 is 0 Å². The summed E-state index contributed by atoms with van der Waals surface area (Å²) in [5.74, 6) is -0.0531. The second kappa shape index (κ2) is 9.37. The number of ether oxygens (including phenoxy) is 1. The molecule has 0 aliphatic heterocycles. The highest BCUT2D eigenvalue weighted by Gasteiger charge is 2.10. The number of hydrogen-bond acceptors (Lipinski definition) is 3. The zero-order valence-corrected chi connectivity index (χ0v) is 10.8. The van der Waals surface area contributed by atoms with Gasteiger partial charge >= 0.3 is 5.97 Å². The van der Waals surface area contributed by atoms with Gasteiger partial charge in [-0.15, -0.1) is 0 Å². The van der Waals surface area contributed by atoms with Crippen molar-refractivity contribution in [2.75, 3.05) is 6.61 Å². The number of esters is 1. The Kier molecular flexibility index (Phi) is 8.87. The molecular formula is C13H24O3. The predicted octanol–water partition coefficient (Wildman–Crippen LogP) is 3.12. The zero-order chi connectivity index (χ0) is 12.4. The molecule has 0 saturated carbocycles. The van der Waals surface area contributed by atoms with Crippen LogP contribution < -0.4 is 0 Å². The van der Waals surface area contributed by atoms with Gasteiger partial charge < -0.3 is 4.74 Å². The number of hydrogen-bond donors (Lipinski definition) is 0. The van der Waals surface area contributed by atoms with E-state index in [1.165, 1.54) is 0 Å². The van der Waals surface area contributed by atoms with Crippen LogP contribution in [0.25, 0.3) is 0 Å². The molecule has 3 heteroatoms. The molecule has 0 radical (unpaired) electrons. The summed E-state index contributed by atoms with van der Waals surface area (Å²) in [6.07, 6.45) is 4.73. The third-order valence-electron chi connectivity index (χ3n) is 2.23. The fourth-order valence-electron chi connectivity index (χ4n) is 1.31. The van der Waals surface area contributed by atoms with Gasteiger partial charge in [0.15, 0.2) is 0 Å². The highest BCUT2D eigenvalue weighted by atomic mass is 16.5. The first kappa shape index (κ1) is 15.1. The molecule has 0 aromatic rings. The standard InChI is InChI=1S/C13H24O3/c1-4-5-6-7-8-12(14)9-13(15)16-10-11(2)3/h11H,4-10H2,1-3H3. The number of unbranched alkanes of at least 4 members (excludes halogenated alkanes) is 3. The molecule has 0 aromatic carbocycles. The fourth-order valence-corrected chi connectivity index (χ4v) is 1.31. The average molecular weight is 228 g/mol. The minimum Gasteiger partial charge on any atom is -0.465 e. The van der Waals surface area contributed by atoms with Gasteiger partial charge in [-0.25, -0.2) is 0 Å². The van der Waals surface area contributed by atoms with Gasteiger partial charge in [0.1, 0.15) is 12.2 Å². The van der Waals surface area contributed by atoms with Crippen LogP contribution in [0.1, 0.15) is 59.3 Å². The Morgan fingerprint density at radius 2 is 1.81 bits per heavy atom. The van der Waals surface area contributed by atoms with Gasteiger partial charge in [0.05, 0.1) is 6.61 Å². The average Bonchev–Trinajstić information content (AvgIpc) is 2.21. The first-order valence-corrected chi connectivity index (χ1v) is 6.23. The lowest BCUT2D eigenvalue weighted by molar-refractivity contribution is -0.147. The molecule has 0 fully saturated rings. The van der Waals surface area contributed by atoms with Crippen LogP contribution in [0.3, 0.4) is 0 Å². The summed E-state index contributed by atoms with van der Waals surface area (Å²) in [7, 11) is 0. The molecule has 0 unspecified atom stereocenters. The van der Waals surface area contributed by atoms with Crippen LogP contribution in [0, 0.1) is 5.92 Å². The van der Waals surface area contributed by atoms with Crippen LogP contribution in [-0.2, 0) is 14.3 Å². The number of rotatable bonds is 9. The molecule has 0 atom stereocenters. The summed E-state index contributed by atoms with van der Waals surface area (Å²) in [5.41, 5.74) is 0. The molecule has 0 spiro atoms. The van der Waals surface area contributed by atoms with Crippen molar-refractivity contribution in [1.29, 1.82) is 0 Å². The van der Waals surface area contributed by atoms with Gasteiger partial charge in [-0.1, -0.05) is 40.0 Å². The maximum absolute atomic E-state index is 11.4. The van der Waals surface area contributed by atoms with Crippen molar-refractivity contribution >= 4 is 11.8 Å². The summed E-state index contributed by atoms with van der Waals surface area (Å²) in [4.78, 5) is 22.6. The van der Waals surface area contributed by atoms with Crippen molar-refractivity contribution in [1.82, 2.24) is 0 Å². The molecular weight excluding hydrogens is 204 g/mol. The number of ketones is 1. The molecule has 0 aromatic heterocycles. The van der Waals surface area contributed by atoms with Gasteiger partial charge in [0, 0.05) is 6.42 Å². The van der Waals surface area contributed by atoms with E-state index in [1.807, 2.05) is 13.8 Å². The number of Topliss-reactive ketones (excluding diaryl/α,β-unsaturated/α-hetero) is 1. The lowest BCUT2D eigenvalue weighted by Crippen LogP contribution is -2.14. The molecule has 16 heavy (non-hydrogen) atoms. The van der Waals surface area contributed by atoms with E-state index in [9.17, 15) is 9.59 Å². The second-order valence-corrected chi connectivity index (χ2v) is 4.60. The van der Waals surface area contributed by atoms with Crippen LogP contribution in [0.2, 0.25) is 0 Å². The number of carbonyl (C=O) groups excluding carboxylic acids is 2. The molecule has 0 amide bonds. The van der Waals surface area contributed by atoms with Crippen molar-refractivity contribution in [2.45, 2.75) is 59.3 Å². The summed E-state index contributed by atoms with van der Waals surface area (Å²) >= 11 is 0. The molecule has 0 saturated heterocycles. The van der Waals surface area contributed by atoms with E-state index in [0.29, 0.717) is 18.9 Å². The number of carbonyl (C=O) groups is 2. The molecule has 0 N–H and O–H groups in total. The van der Waals surface area contributed by atoms with Crippen molar-refractivity contribution in [2.24, 2.45) is 5.92 Å². The van der Waals surface area contributed by atoms with Crippen LogP contribution in [-0.4, -0.2) is 18.4 Å². The van der Waals surface area contributed by atoms with Gasteiger partial charge in [-0.2, -0.15) is 0 Å². The minimum atomic E-state index is -0.380. The Bertz CT molecular complexity index is 209. The van der Waals surface area contributed by atoms with Gasteiger partial charge in [-0.05, 0) is 12.3 Å². The van der Waals surface area contributed by atoms with E-state index in [-0.39, 0.29) is 18.2 Å². The van der Waals surface area contributed by atoms with Crippen molar-refractivity contribution < 1.29 is 14.3 Å². The van der Waals surface area contributed by atoms with Gasteiger partial charge in [0.2, 0.25) is 0 Å². The molecule has 94 valence electrons. The normalized spacial score (nSPS) is 10.5. The Hall–Kier alpha value is -0.860. The lowest BCUT2D eigenvalue weighted by atomic mass is 10.1. The topological polar surface area (TPSA) is 43.4 Å². The van der Waals surface area contributed by atoms with E-state index in [0.717, 1.165) is 25.7 Å². The maximum Gasteiger partial charge on any atom is 0.313 e. The smallest absolute Gasteiger partial charge is 0.313 e.